The number of anilines is 1. The number of benzene rings is 1. The first kappa shape index (κ1) is 25.4. The monoisotopic (exact) mass is 546 g/mol. The van der Waals surface area contributed by atoms with Crippen molar-refractivity contribution < 1.29 is 23.9 Å². The second-order valence-corrected chi connectivity index (χ2v) is 9.18. The molecule has 7 nitrogen and oxygen atoms in total. The molecule has 1 aromatic carbocycles. The summed E-state index contributed by atoms with van der Waals surface area (Å²) < 4.78 is 4.76. The van der Waals surface area contributed by atoms with Crippen LogP contribution in [0.25, 0.3) is 0 Å². The van der Waals surface area contributed by atoms with Gasteiger partial charge in [-0.25, -0.2) is 4.79 Å². The number of carbonyl (C=O) groups is 4. The second-order valence-electron chi connectivity index (χ2n) is 6.17. The Morgan fingerprint density at radius 3 is 2.55 bits per heavy atom. The van der Waals surface area contributed by atoms with E-state index in [1.807, 2.05) is 6.26 Å². The summed E-state index contributed by atoms with van der Waals surface area (Å²) in [5.74, 6) is -1.27. The number of halogens is 2. The van der Waals surface area contributed by atoms with Crippen LogP contribution in [0.2, 0.25) is 5.02 Å². The van der Waals surface area contributed by atoms with Crippen molar-refractivity contribution in [1.82, 2.24) is 5.32 Å². The lowest BCUT2D eigenvalue weighted by Gasteiger charge is -2.15. The molecule has 2 amide bonds. The van der Waals surface area contributed by atoms with Gasteiger partial charge in [-0.1, -0.05) is 39.7 Å². The van der Waals surface area contributed by atoms with Crippen molar-refractivity contribution in [3.8, 4) is 0 Å². The highest BCUT2D eigenvalue weighted by Crippen LogP contribution is 2.32. The van der Waals surface area contributed by atoms with Gasteiger partial charge >= 0.3 is 5.97 Å². The van der Waals surface area contributed by atoms with Crippen LogP contribution in [-0.2, 0) is 14.3 Å². The Labute approximate surface area is 201 Å². The summed E-state index contributed by atoms with van der Waals surface area (Å²) in [4.78, 5) is 49.9. The molecule has 0 radical (unpaired) electrons. The molecule has 2 N–H and O–H groups in total. The number of ether oxygens (including phenoxy) is 1. The molecule has 0 aliphatic carbocycles. The molecule has 166 valence electrons. The predicted octanol–water partition coefficient (Wildman–Crippen LogP) is 3.99. The Kier molecular flexibility index (Phi) is 10.0. The SMILES string of the molecule is COC(=O)[C@H](CCSC)NC(=O)c1cc(C(=O)c2ccccc2Cl)c(NC(=O)CBr)s1. The largest absolute Gasteiger partial charge is 0.467 e. The van der Waals surface area contributed by atoms with E-state index in [1.54, 1.807) is 24.3 Å². The van der Waals surface area contributed by atoms with Crippen LogP contribution in [0.3, 0.4) is 0 Å². The number of rotatable bonds is 10. The Balaban J connectivity index is 2.37. The molecule has 11 heteroatoms. The number of methoxy groups -OCH3 is 1. The van der Waals surface area contributed by atoms with E-state index in [-0.39, 0.29) is 37.3 Å². The van der Waals surface area contributed by atoms with E-state index in [2.05, 4.69) is 26.6 Å². The topological polar surface area (TPSA) is 102 Å². The van der Waals surface area contributed by atoms with Gasteiger partial charge in [0.15, 0.2) is 5.78 Å². The fourth-order valence-electron chi connectivity index (χ4n) is 2.57. The van der Waals surface area contributed by atoms with Crippen LogP contribution in [0.5, 0.6) is 0 Å². The third-order valence-corrected chi connectivity index (χ3v) is 6.63. The number of esters is 1. The summed E-state index contributed by atoms with van der Waals surface area (Å²) in [5, 5.41) is 5.76. The zero-order valence-electron chi connectivity index (χ0n) is 16.7. The summed E-state index contributed by atoms with van der Waals surface area (Å²) in [7, 11) is 1.25. The number of hydrogen-bond donors (Lipinski definition) is 2. The maximum atomic E-state index is 13.1. The number of amides is 2. The van der Waals surface area contributed by atoms with E-state index in [9.17, 15) is 19.2 Å². The van der Waals surface area contributed by atoms with Crippen molar-refractivity contribution >= 4 is 79.2 Å². The van der Waals surface area contributed by atoms with E-state index in [4.69, 9.17) is 16.3 Å². The molecule has 0 unspecified atom stereocenters. The lowest BCUT2D eigenvalue weighted by Crippen LogP contribution is -2.41. The van der Waals surface area contributed by atoms with E-state index < -0.39 is 23.7 Å². The standard InChI is InChI=1S/C20H20BrClN2O5S2/c1-29-20(28)14(7-8-30-2)23-18(27)15-9-12(19(31-15)24-16(25)10-21)17(26)11-5-3-4-6-13(11)22/h3-6,9,14H,7-8,10H2,1-2H3,(H,23,27)(H,24,25)/t14-/m0/s1. The van der Waals surface area contributed by atoms with Crippen LogP contribution >= 0.6 is 50.6 Å². The minimum Gasteiger partial charge on any atom is -0.467 e. The third kappa shape index (κ3) is 6.80. The van der Waals surface area contributed by atoms with Crippen molar-refractivity contribution in [1.29, 1.82) is 0 Å². The molecule has 0 bridgehead atoms. The third-order valence-electron chi connectivity index (χ3n) is 4.09. The minimum atomic E-state index is -0.824. The fourth-order valence-corrected chi connectivity index (χ4v) is 4.38. The summed E-state index contributed by atoms with van der Waals surface area (Å²) in [6, 6.07) is 7.07. The molecule has 0 saturated heterocycles. The minimum absolute atomic E-state index is 0.0191. The highest BCUT2D eigenvalue weighted by molar-refractivity contribution is 9.09. The molecule has 0 saturated carbocycles. The molecule has 0 aliphatic heterocycles. The molecular formula is C20H20BrClN2O5S2. The van der Waals surface area contributed by atoms with Crippen molar-refractivity contribution in [2.45, 2.75) is 12.5 Å². The molecule has 0 fully saturated rings. The van der Waals surface area contributed by atoms with Crippen LogP contribution in [-0.4, -0.2) is 54.1 Å². The number of carbonyl (C=O) groups excluding carboxylic acids is 4. The highest BCUT2D eigenvalue weighted by atomic mass is 79.9. The van der Waals surface area contributed by atoms with Gasteiger partial charge in [-0.2, -0.15) is 11.8 Å². The van der Waals surface area contributed by atoms with Gasteiger partial charge in [-0.15, -0.1) is 11.3 Å². The summed E-state index contributed by atoms with van der Waals surface area (Å²) in [5.41, 5.74) is 0.381. The molecule has 1 aromatic heterocycles. The van der Waals surface area contributed by atoms with E-state index in [0.717, 1.165) is 11.3 Å². The molecule has 2 aromatic rings. The van der Waals surface area contributed by atoms with Crippen molar-refractivity contribution in [3.63, 3.8) is 0 Å². The van der Waals surface area contributed by atoms with E-state index >= 15 is 0 Å². The number of ketones is 1. The first-order valence-electron chi connectivity index (χ1n) is 8.98. The predicted molar refractivity (Wildman–Crippen MR) is 128 cm³/mol. The number of hydrogen-bond acceptors (Lipinski definition) is 7. The zero-order chi connectivity index (χ0) is 23.0. The van der Waals surface area contributed by atoms with Crippen molar-refractivity contribution in [3.05, 3.63) is 51.4 Å². The number of alkyl halides is 1. The van der Waals surface area contributed by atoms with Crippen molar-refractivity contribution in [2.75, 3.05) is 29.8 Å². The number of thioether (sulfide) groups is 1. The molecular weight excluding hydrogens is 528 g/mol. The van der Waals surface area contributed by atoms with Gasteiger partial charge in [0.2, 0.25) is 5.91 Å². The van der Waals surface area contributed by atoms with Crippen LogP contribution in [0.1, 0.15) is 32.0 Å². The van der Waals surface area contributed by atoms with Crippen LogP contribution in [0, 0.1) is 0 Å². The van der Waals surface area contributed by atoms with Gasteiger partial charge in [-0.3, -0.25) is 14.4 Å². The molecule has 2 rings (SSSR count). The molecule has 1 heterocycles. The van der Waals surface area contributed by atoms with Gasteiger partial charge in [0.05, 0.1) is 27.9 Å². The lowest BCUT2D eigenvalue weighted by atomic mass is 10.0. The second kappa shape index (κ2) is 12.2. The van der Waals surface area contributed by atoms with Crippen LogP contribution in [0.15, 0.2) is 30.3 Å². The average Bonchev–Trinajstić information content (AvgIpc) is 3.19. The summed E-state index contributed by atoms with van der Waals surface area (Å²) in [6.45, 7) is 0. The molecule has 1 atom stereocenters. The van der Waals surface area contributed by atoms with Crippen LogP contribution < -0.4 is 10.6 Å². The Morgan fingerprint density at radius 2 is 1.94 bits per heavy atom. The Bertz CT molecular complexity index is 982. The van der Waals surface area contributed by atoms with E-state index in [0.29, 0.717) is 12.2 Å². The highest BCUT2D eigenvalue weighted by Gasteiger charge is 2.26. The average molecular weight is 548 g/mol. The fraction of sp³-hybridized carbons (Fsp3) is 0.300. The van der Waals surface area contributed by atoms with Crippen LogP contribution in [0.4, 0.5) is 5.00 Å². The smallest absolute Gasteiger partial charge is 0.328 e. The zero-order valence-corrected chi connectivity index (χ0v) is 20.7. The first-order chi connectivity index (χ1) is 14.8. The van der Waals surface area contributed by atoms with Gasteiger partial charge in [0.25, 0.3) is 5.91 Å². The summed E-state index contributed by atoms with van der Waals surface area (Å²) in [6.07, 6.45) is 2.28. The first-order valence-corrected chi connectivity index (χ1v) is 12.7. The molecule has 0 aliphatic rings. The van der Waals surface area contributed by atoms with Crippen molar-refractivity contribution in [2.24, 2.45) is 0 Å². The lowest BCUT2D eigenvalue weighted by molar-refractivity contribution is -0.142. The van der Waals surface area contributed by atoms with Gasteiger partial charge in [0.1, 0.15) is 11.0 Å². The molecule has 0 spiro atoms. The maximum absolute atomic E-state index is 13.1. The number of thiophene rings is 1. The quantitative estimate of drug-likeness (QED) is 0.265. The normalized spacial score (nSPS) is 11.5. The molecule has 31 heavy (non-hydrogen) atoms. The number of nitrogens with one attached hydrogen (secondary N) is 2. The Morgan fingerprint density at radius 1 is 1.23 bits per heavy atom. The van der Waals surface area contributed by atoms with Gasteiger partial charge in [0, 0.05) is 5.56 Å². The van der Waals surface area contributed by atoms with E-state index in [1.165, 1.54) is 24.9 Å². The maximum Gasteiger partial charge on any atom is 0.328 e. The Hall–Kier alpha value is -1.88. The van der Waals surface area contributed by atoms with Gasteiger partial charge < -0.3 is 15.4 Å². The van der Waals surface area contributed by atoms with Gasteiger partial charge in [-0.05, 0) is 36.6 Å². The summed E-state index contributed by atoms with van der Waals surface area (Å²) >= 11 is 11.7.